The Kier molecular flexibility index (Phi) is 4.73. The number of carbonyl (C=O) groups excluding carboxylic acids is 2. The fourth-order valence-corrected chi connectivity index (χ4v) is 3.92. The van der Waals surface area contributed by atoms with E-state index in [4.69, 9.17) is 0 Å². The molecule has 30 heavy (non-hydrogen) atoms. The molecule has 2 aromatic rings. The van der Waals surface area contributed by atoms with E-state index in [0.717, 1.165) is 21.7 Å². The number of imide groups is 1. The highest BCUT2D eigenvalue weighted by Gasteiger charge is 2.34. The molecule has 0 bridgehead atoms. The topological polar surface area (TPSA) is 52.7 Å². The monoisotopic (exact) mass is 405 g/mol. The van der Waals surface area contributed by atoms with Gasteiger partial charge in [-0.25, -0.2) is 9.18 Å². The van der Waals surface area contributed by atoms with Crippen molar-refractivity contribution in [1.82, 2.24) is 10.2 Å². The van der Waals surface area contributed by atoms with Crippen molar-refractivity contribution < 1.29 is 14.0 Å². The van der Waals surface area contributed by atoms with Gasteiger partial charge in [0.05, 0.1) is 12.1 Å². The standard InChI is InChI=1S/C24H24FN3O2/c1-15-13-24(2,3)27(4)21-10-7-17(11-19(15)21)12-20-22(29)28(23(30)26-20)14-16-5-8-18(25)9-6-16/h5-13H,14H2,1-4H3,(H,26,30)/b20-12-. The number of hydrogen-bond donors (Lipinski definition) is 1. The van der Waals surface area contributed by atoms with Crippen LogP contribution in [-0.4, -0.2) is 29.4 Å². The molecule has 2 heterocycles. The number of benzene rings is 2. The van der Waals surface area contributed by atoms with Crippen molar-refractivity contribution >= 4 is 29.3 Å². The summed E-state index contributed by atoms with van der Waals surface area (Å²) in [6.45, 7) is 6.50. The second-order valence-electron chi connectivity index (χ2n) is 8.32. The number of urea groups is 1. The number of nitrogens with one attached hydrogen (secondary N) is 1. The Bertz CT molecular complexity index is 1100. The molecule has 1 N–H and O–H groups in total. The van der Waals surface area contributed by atoms with Crippen LogP contribution in [0.15, 0.2) is 54.2 Å². The average molecular weight is 405 g/mol. The summed E-state index contributed by atoms with van der Waals surface area (Å²) in [5.41, 5.74) is 5.07. The maximum absolute atomic E-state index is 13.1. The highest BCUT2D eigenvalue weighted by molar-refractivity contribution is 6.14. The number of halogens is 1. The minimum atomic E-state index is -0.480. The third kappa shape index (κ3) is 3.49. The van der Waals surface area contributed by atoms with Crippen molar-refractivity contribution in [3.8, 4) is 0 Å². The van der Waals surface area contributed by atoms with Gasteiger partial charge in [0.2, 0.25) is 0 Å². The molecule has 6 heteroatoms. The first kappa shape index (κ1) is 19.9. The highest BCUT2D eigenvalue weighted by Crippen LogP contribution is 2.38. The number of nitrogens with zero attached hydrogens (tertiary/aromatic N) is 2. The van der Waals surface area contributed by atoms with Gasteiger partial charge in [-0.2, -0.15) is 0 Å². The van der Waals surface area contributed by atoms with Gasteiger partial charge in [-0.15, -0.1) is 0 Å². The zero-order valence-electron chi connectivity index (χ0n) is 17.5. The number of fused-ring (bicyclic) bond motifs is 1. The Morgan fingerprint density at radius 2 is 1.80 bits per heavy atom. The van der Waals surface area contributed by atoms with E-state index in [9.17, 15) is 14.0 Å². The zero-order chi connectivity index (χ0) is 21.6. The summed E-state index contributed by atoms with van der Waals surface area (Å²) >= 11 is 0. The molecule has 2 aromatic carbocycles. The van der Waals surface area contributed by atoms with E-state index in [1.54, 1.807) is 18.2 Å². The molecular weight excluding hydrogens is 381 g/mol. The van der Waals surface area contributed by atoms with Crippen LogP contribution >= 0.6 is 0 Å². The van der Waals surface area contributed by atoms with E-state index in [2.05, 4.69) is 44.1 Å². The van der Waals surface area contributed by atoms with Crippen LogP contribution in [0.5, 0.6) is 0 Å². The van der Waals surface area contributed by atoms with Crippen molar-refractivity contribution in [2.75, 3.05) is 11.9 Å². The molecule has 2 aliphatic heterocycles. The third-order valence-corrected chi connectivity index (χ3v) is 5.77. The molecule has 4 rings (SSSR count). The van der Waals surface area contributed by atoms with Crippen LogP contribution in [0.4, 0.5) is 14.9 Å². The molecule has 0 aliphatic carbocycles. The Balaban J connectivity index is 1.60. The highest BCUT2D eigenvalue weighted by atomic mass is 19.1. The maximum atomic E-state index is 13.1. The maximum Gasteiger partial charge on any atom is 0.329 e. The van der Waals surface area contributed by atoms with Crippen molar-refractivity contribution in [2.45, 2.75) is 32.9 Å². The van der Waals surface area contributed by atoms with Crippen LogP contribution in [-0.2, 0) is 11.3 Å². The molecule has 0 radical (unpaired) electrons. The quantitative estimate of drug-likeness (QED) is 0.602. The molecule has 0 saturated carbocycles. The van der Waals surface area contributed by atoms with E-state index in [1.165, 1.54) is 17.7 Å². The molecular formula is C24H24FN3O2. The normalized spacial score (nSPS) is 19.1. The Morgan fingerprint density at radius 3 is 2.50 bits per heavy atom. The number of amides is 3. The average Bonchev–Trinajstić information content (AvgIpc) is 2.95. The molecule has 2 aliphatic rings. The summed E-state index contributed by atoms with van der Waals surface area (Å²) in [5.74, 6) is -0.755. The third-order valence-electron chi connectivity index (χ3n) is 5.77. The molecule has 0 spiro atoms. The second-order valence-corrected chi connectivity index (χ2v) is 8.32. The fourth-order valence-electron chi connectivity index (χ4n) is 3.92. The largest absolute Gasteiger partial charge is 0.366 e. The summed E-state index contributed by atoms with van der Waals surface area (Å²) in [6.07, 6.45) is 3.91. The molecule has 3 amide bonds. The summed E-state index contributed by atoms with van der Waals surface area (Å²) in [6, 6.07) is 11.3. The van der Waals surface area contributed by atoms with Gasteiger partial charge in [-0.1, -0.05) is 24.3 Å². The summed E-state index contributed by atoms with van der Waals surface area (Å²) in [5, 5.41) is 2.65. The van der Waals surface area contributed by atoms with Crippen LogP contribution < -0.4 is 10.2 Å². The summed E-state index contributed by atoms with van der Waals surface area (Å²) in [7, 11) is 2.06. The number of rotatable bonds is 3. The molecule has 1 saturated heterocycles. The van der Waals surface area contributed by atoms with Gasteiger partial charge in [-0.05, 0) is 67.8 Å². The van der Waals surface area contributed by atoms with Gasteiger partial charge in [0.15, 0.2) is 0 Å². The van der Waals surface area contributed by atoms with Crippen LogP contribution in [0.2, 0.25) is 0 Å². The van der Waals surface area contributed by atoms with Gasteiger partial charge in [-0.3, -0.25) is 9.69 Å². The number of likely N-dealkylation sites (N-methyl/N-ethyl adjacent to an activating group) is 1. The number of allylic oxidation sites excluding steroid dienone is 1. The van der Waals surface area contributed by atoms with Gasteiger partial charge >= 0.3 is 6.03 Å². The van der Waals surface area contributed by atoms with Crippen LogP contribution in [0.25, 0.3) is 11.6 Å². The van der Waals surface area contributed by atoms with E-state index >= 15 is 0 Å². The van der Waals surface area contributed by atoms with Gasteiger partial charge in [0.25, 0.3) is 5.91 Å². The number of carbonyl (C=O) groups is 2. The van der Waals surface area contributed by atoms with Gasteiger partial charge in [0.1, 0.15) is 11.5 Å². The number of hydrogen-bond acceptors (Lipinski definition) is 3. The lowest BCUT2D eigenvalue weighted by molar-refractivity contribution is -0.123. The molecule has 0 unspecified atom stereocenters. The molecule has 0 atom stereocenters. The zero-order valence-corrected chi connectivity index (χ0v) is 17.5. The van der Waals surface area contributed by atoms with Crippen molar-refractivity contribution in [3.63, 3.8) is 0 Å². The summed E-state index contributed by atoms with van der Waals surface area (Å²) < 4.78 is 13.1. The smallest absolute Gasteiger partial charge is 0.329 e. The van der Waals surface area contributed by atoms with Crippen LogP contribution in [0.1, 0.15) is 37.5 Å². The number of anilines is 1. The minimum Gasteiger partial charge on any atom is -0.366 e. The predicted octanol–water partition coefficient (Wildman–Crippen LogP) is 4.55. The fraction of sp³-hybridized carbons (Fsp3) is 0.250. The predicted molar refractivity (Wildman–Crippen MR) is 116 cm³/mol. The lowest BCUT2D eigenvalue weighted by atomic mass is 9.88. The Hall–Kier alpha value is -3.41. The second kappa shape index (κ2) is 7.13. The van der Waals surface area contributed by atoms with E-state index in [-0.39, 0.29) is 23.6 Å². The molecule has 0 aromatic heterocycles. The van der Waals surface area contributed by atoms with Crippen molar-refractivity contribution in [3.05, 3.63) is 76.7 Å². The Morgan fingerprint density at radius 1 is 1.10 bits per heavy atom. The van der Waals surface area contributed by atoms with E-state index < -0.39 is 11.9 Å². The Labute approximate surface area is 175 Å². The minimum absolute atomic E-state index is 0.0761. The SMILES string of the molecule is CC1=CC(C)(C)N(C)c2ccc(/C=C3\NC(=O)N(Cc4ccc(F)cc4)C3=O)cc21. The van der Waals surface area contributed by atoms with E-state index in [0.29, 0.717) is 5.56 Å². The summed E-state index contributed by atoms with van der Waals surface area (Å²) in [4.78, 5) is 28.4. The lowest BCUT2D eigenvalue weighted by Gasteiger charge is -2.40. The van der Waals surface area contributed by atoms with Gasteiger partial charge < -0.3 is 10.2 Å². The lowest BCUT2D eigenvalue weighted by Crippen LogP contribution is -2.42. The van der Waals surface area contributed by atoms with Crippen molar-refractivity contribution in [1.29, 1.82) is 0 Å². The molecule has 5 nitrogen and oxygen atoms in total. The first-order valence-corrected chi connectivity index (χ1v) is 9.82. The van der Waals surface area contributed by atoms with Gasteiger partial charge in [0, 0.05) is 18.3 Å². The van der Waals surface area contributed by atoms with Crippen LogP contribution in [0, 0.1) is 5.82 Å². The molecule has 1 fully saturated rings. The van der Waals surface area contributed by atoms with Crippen LogP contribution in [0.3, 0.4) is 0 Å². The molecule has 154 valence electrons. The first-order valence-electron chi connectivity index (χ1n) is 9.82. The van der Waals surface area contributed by atoms with Crippen molar-refractivity contribution in [2.24, 2.45) is 0 Å². The van der Waals surface area contributed by atoms with E-state index in [1.807, 2.05) is 18.2 Å². The first-order chi connectivity index (χ1) is 14.2.